The second kappa shape index (κ2) is 6.44. The summed E-state index contributed by atoms with van der Waals surface area (Å²) in [4.78, 5) is 24.4. The lowest BCUT2D eigenvalue weighted by atomic mass is 10.2. The number of hydrogen-bond acceptors (Lipinski definition) is 7. The number of benzene rings is 2. The van der Waals surface area contributed by atoms with Crippen LogP contribution in [0.4, 0.5) is 0 Å². The highest BCUT2D eigenvalue weighted by atomic mass is 32.2. The van der Waals surface area contributed by atoms with E-state index in [1.807, 2.05) is 0 Å². The highest BCUT2D eigenvalue weighted by molar-refractivity contribution is 7.90. The van der Waals surface area contributed by atoms with Gasteiger partial charge in [0.15, 0.2) is 16.6 Å². The SMILES string of the molecule is CS(=O)(=O)c1ccc(C(=O)OCn2nnc3ccccc3c2=O)cc1. The van der Waals surface area contributed by atoms with E-state index in [1.54, 1.807) is 24.3 Å². The molecular weight excluding hydrogens is 346 g/mol. The molecule has 0 fully saturated rings. The largest absolute Gasteiger partial charge is 0.439 e. The van der Waals surface area contributed by atoms with E-state index in [1.165, 1.54) is 24.3 Å². The summed E-state index contributed by atoms with van der Waals surface area (Å²) in [6, 6.07) is 12.0. The van der Waals surface area contributed by atoms with Crippen LogP contribution in [0.5, 0.6) is 0 Å². The molecule has 0 amide bonds. The topological polar surface area (TPSA) is 108 Å². The zero-order valence-corrected chi connectivity index (χ0v) is 13.9. The molecule has 0 unspecified atom stereocenters. The van der Waals surface area contributed by atoms with E-state index < -0.39 is 28.1 Å². The summed E-state index contributed by atoms with van der Waals surface area (Å²) < 4.78 is 28.8. The van der Waals surface area contributed by atoms with Gasteiger partial charge in [-0.25, -0.2) is 13.2 Å². The number of fused-ring (bicyclic) bond motifs is 1. The van der Waals surface area contributed by atoms with Gasteiger partial charge in [-0.2, -0.15) is 4.68 Å². The van der Waals surface area contributed by atoms with Crippen LogP contribution < -0.4 is 5.56 Å². The first-order chi connectivity index (χ1) is 11.9. The van der Waals surface area contributed by atoms with E-state index >= 15 is 0 Å². The molecule has 1 aromatic heterocycles. The fourth-order valence-corrected chi connectivity index (χ4v) is 2.78. The Balaban J connectivity index is 1.76. The second-order valence-corrected chi connectivity index (χ2v) is 7.28. The minimum Gasteiger partial charge on any atom is -0.439 e. The summed E-state index contributed by atoms with van der Waals surface area (Å²) in [7, 11) is -3.34. The van der Waals surface area contributed by atoms with Crippen molar-refractivity contribution in [1.29, 1.82) is 0 Å². The lowest BCUT2D eigenvalue weighted by molar-refractivity contribution is 0.0336. The molecule has 2 aromatic carbocycles. The lowest BCUT2D eigenvalue weighted by Crippen LogP contribution is -2.26. The van der Waals surface area contributed by atoms with E-state index in [2.05, 4.69) is 10.3 Å². The summed E-state index contributed by atoms with van der Waals surface area (Å²) in [5.41, 5.74) is 0.187. The average Bonchev–Trinajstić information content (AvgIpc) is 2.60. The van der Waals surface area contributed by atoms with Crippen LogP contribution in [0.1, 0.15) is 10.4 Å². The smallest absolute Gasteiger partial charge is 0.339 e. The fraction of sp³-hybridized carbons (Fsp3) is 0.125. The number of carbonyl (C=O) groups is 1. The molecule has 128 valence electrons. The van der Waals surface area contributed by atoms with Crippen molar-refractivity contribution in [1.82, 2.24) is 15.0 Å². The number of rotatable bonds is 4. The summed E-state index contributed by atoms with van der Waals surface area (Å²) in [6.45, 7) is -0.399. The second-order valence-electron chi connectivity index (χ2n) is 5.27. The molecule has 0 aliphatic heterocycles. The first-order valence-electron chi connectivity index (χ1n) is 7.16. The van der Waals surface area contributed by atoms with E-state index in [4.69, 9.17) is 4.74 Å². The number of sulfone groups is 1. The Bertz CT molecular complexity index is 1100. The van der Waals surface area contributed by atoms with Crippen LogP contribution in [-0.4, -0.2) is 35.6 Å². The number of carbonyl (C=O) groups excluding carboxylic acids is 1. The van der Waals surface area contributed by atoms with Gasteiger partial charge in [0, 0.05) is 6.26 Å². The van der Waals surface area contributed by atoms with E-state index in [-0.39, 0.29) is 10.5 Å². The first kappa shape index (κ1) is 16.8. The van der Waals surface area contributed by atoms with Gasteiger partial charge in [-0.05, 0) is 36.4 Å². The van der Waals surface area contributed by atoms with Gasteiger partial charge < -0.3 is 4.74 Å². The van der Waals surface area contributed by atoms with Crippen LogP contribution in [0.15, 0.2) is 58.2 Å². The van der Waals surface area contributed by atoms with Crippen molar-refractivity contribution < 1.29 is 17.9 Å². The summed E-state index contributed by atoms with van der Waals surface area (Å²) in [5, 5.41) is 7.97. The third kappa shape index (κ3) is 3.56. The minimum absolute atomic E-state index is 0.0978. The van der Waals surface area contributed by atoms with Gasteiger partial charge in [0.2, 0.25) is 0 Å². The Morgan fingerprint density at radius 3 is 2.48 bits per heavy atom. The predicted molar refractivity (Wildman–Crippen MR) is 88.8 cm³/mol. The van der Waals surface area contributed by atoms with Crippen LogP contribution in [0.2, 0.25) is 0 Å². The Kier molecular flexibility index (Phi) is 4.32. The maximum Gasteiger partial charge on any atom is 0.339 e. The highest BCUT2D eigenvalue weighted by Crippen LogP contribution is 2.11. The van der Waals surface area contributed by atoms with Crippen LogP contribution in [0.3, 0.4) is 0 Å². The molecular formula is C16H13N3O5S. The lowest BCUT2D eigenvalue weighted by Gasteiger charge is -2.07. The maximum absolute atomic E-state index is 12.2. The third-order valence-electron chi connectivity index (χ3n) is 3.47. The first-order valence-corrected chi connectivity index (χ1v) is 9.05. The normalized spacial score (nSPS) is 11.4. The molecule has 1 heterocycles. The molecule has 0 aliphatic carbocycles. The molecule has 25 heavy (non-hydrogen) atoms. The summed E-state index contributed by atoms with van der Waals surface area (Å²) in [5.74, 6) is -0.707. The third-order valence-corrected chi connectivity index (χ3v) is 4.59. The van der Waals surface area contributed by atoms with Crippen molar-refractivity contribution in [3.63, 3.8) is 0 Å². The number of aromatic nitrogens is 3. The molecule has 0 radical (unpaired) electrons. The van der Waals surface area contributed by atoms with Gasteiger partial charge in [-0.15, -0.1) is 5.10 Å². The number of nitrogens with zero attached hydrogens (tertiary/aromatic N) is 3. The quantitative estimate of drug-likeness (QED) is 0.640. The van der Waals surface area contributed by atoms with Gasteiger partial charge in [-0.3, -0.25) is 4.79 Å². The summed E-state index contributed by atoms with van der Waals surface area (Å²) >= 11 is 0. The fourth-order valence-electron chi connectivity index (χ4n) is 2.15. The zero-order chi connectivity index (χ0) is 18.0. The standard InChI is InChI=1S/C16H13N3O5S/c1-25(22,23)12-8-6-11(7-9-12)16(21)24-10-19-15(20)13-4-2-3-5-14(13)17-18-19/h2-9H,10H2,1H3. The molecule has 0 aliphatic rings. The van der Waals surface area contributed by atoms with Gasteiger partial charge in [0.05, 0.1) is 15.8 Å². The molecule has 3 aromatic rings. The van der Waals surface area contributed by atoms with Crippen molar-refractivity contribution in [2.45, 2.75) is 11.6 Å². The number of esters is 1. The highest BCUT2D eigenvalue weighted by Gasteiger charge is 2.12. The number of ether oxygens (including phenoxy) is 1. The van der Waals surface area contributed by atoms with Gasteiger partial charge in [0.1, 0.15) is 5.52 Å². The summed E-state index contributed by atoms with van der Waals surface area (Å²) in [6.07, 6.45) is 1.07. The Labute approximate surface area is 142 Å². The van der Waals surface area contributed by atoms with Crippen molar-refractivity contribution in [3.05, 3.63) is 64.4 Å². The van der Waals surface area contributed by atoms with Crippen molar-refractivity contribution in [3.8, 4) is 0 Å². The maximum atomic E-state index is 12.2. The predicted octanol–water partition coefficient (Wildman–Crippen LogP) is 1.01. The molecule has 8 nitrogen and oxygen atoms in total. The average molecular weight is 359 g/mol. The molecule has 0 spiro atoms. The van der Waals surface area contributed by atoms with Crippen LogP contribution in [0.25, 0.3) is 10.9 Å². The van der Waals surface area contributed by atoms with Gasteiger partial charge >= 0.3 is 5.97 Å². The minimum atomic E-state index is -3.34. The Morgan fingerprint density at radius 2 is 1.80 bits per heavy atom. The van der Waals surface area contributed by atoms with Crippen molar-refractivity contribution >= 4 is 26.7 Å². The van der Waals surface area contributed by atoms with Gasteiger partial charge in [-0.1, -0.05) is 17.3 Å². The molecule has 0 saturated carbocycles. The molecule has 0 bridgehead atoms. The zero-order valence-electron chi connectivity index (χ0n) is 13.1. The van der Waals surface area contributed by atoms with Crippen LogP contribution >= 0.6 is 0 Å². The Hall–Kier alpha value is -3.07. The van der Waals surface area contributed by atoms with E-state index in [0.29, 0.717) is 10.9 Å². The van der Waals surface area contributed by atoms with Crippen molar-refractivity contribution in [2.75, 3.05) is 6.26 Å². The van der Waals surface area contributed by atoms with Crippen LogP contribution in [-0.2, 0) is 21.3 Å². The Morgan fingerprint density at radius 1 is 1.12 bits per heavy atom. The molecule has 0 saturated heterocycles. The van der Waals surface area contributed by atoms with Gasteiger partial charge in [0.25, 0.3) is 5.56 Å². The monoisotopic (exact) mass is 359 g/mol. The molecule has 3 rings (SSSR count). The van der Waals surface area contributed by atoms with E-state index in [0.717, 1.165) is 10.9 Å². The molecule has 9 heteroatoms. The van der Waals surface area contributed by atoms with Crippen molar-refractivity contribution in [2.24, 2.45) is 0 Å². The number of hydrogen-bond donors (Lipinski definition) is 0. The van der Waals surface area contributed by atoms with Crippen LogP contribution in [0, 0.1) is 0 Å². The molecule has 0 atom stereocenters. The van der Waals surface area contributed by atoms with E-state index in [9.17, 15) is 18.0 Å². The molecule has 0 N–H and O–H groups in total.